The smallest absolute Gasteiger partial charge is 0.425 e. The van der Waals surface area contributed by atoms with Crippen molar-refractivity contribution in [3.05, 3.63) is 57.1 Å². The molecule has 0 aliphatic heterocycles. The van der Waals surface area contributed by atoms with E-state index in [4.69, 9.17) is 27.9 Å². The maximum absolute atomic E-state index is 14.2. The Bertz CT molecular complexity index is 899. The van der Waals surface area contributed by atoms with Gasteiger partial charge in [0.25, 0.3) is 0 Å². The fourth-order valence-corrected chi connectivity index (χ4v) is 3.27. The third-order valence-electron chi connectivity index (χ3n) is 4.49. The van der Waals surface area contributed by atoms with Crippen molar-refractivity contribution in [3.63, 3.8) is 0 Å². The molecule has 0 aliphatic rings. The molecule has 0 amide bonds. The van der Waals surface area contributed by atoms with Crippen molar-refractivity contribution < 1.29 is 23.0 Å². The number of rotatable bonds is 6. The second-order valence-electron chi connectivity index (χ2n) is 6.52. The van der Waals surface area contributed by atoms with E-state index in [1.807, 2.05) is 14.0 Å². The van der Waals surface area contributed by atoms with Gasteiger partial charge in [-0.25, -0.2) is 4.99 Å². The third-order valence-corrected chi connectivity index (χ3v) is 4.93. The van der Waals surface area contributed by atoms with E-state index in [0.717, 1.165) is 12.1 Å². The van der Waals surface area contributed by atoms with E-state index in [1.54, 1.807) is 18.2 Å². The largest absolute Gasteiger partial charge is 0.496 e. The van der Waals surface area contributed by atoms with Crippen molar-refractivity contribution in [2.45, 2.75) is 25.6 Å². The molecule has 9 heteroatoms. The molecule has 0 aromatic heterocycles. The molecule has 0 spiro atoms. The van der Waals surface area contributed by atoms with Crippen LogP contribution in [0.2, 0.25) is 10.0 Å². The van der Waals surface area contributed by atoms with Crippen LogP contribution >= 0.6 is 23.2 Å². The monoisotopic (exact) mass is 448 g/mol. The van der Waals surface area contributed by atoms with Crippen LogP contribution in [0.15, 0.2) is 35.3 Å². The number of aliphatic hydroxyl groups is 1. The lowest BCUT2D eigenvalue weighted by atomic mass is 9.84. The molecule has 0 aliphatic carbocycles. The van der Waals surface area contributed by atoms with E-state index in [2.05, 4.69) is 4.99 Å². The van der Waals surface area contributed by atoms with Gasteiger partial charge < -0.3 is 14.7 Å². The zero-order valence-corrected chi connectivity index (χ0v) is 17.8. The Balaban J connectivity index is 2.75. The second-order valence-corrected chi connectivity index (χ2v) is 7.40. The van der Waals surface area contributed by atoms with E-state index in [9.17, 15) is 18.3 Å². The topological polar surface area (TPSA) is 45.1 Å². The fourth-order valence-electron chi connectivity index (χ4n) is 2.75. The Morgan fingerprint density at radius 3 is 2.21 bits per heavy atom. The fraction of sp³-hybridized carbons (Fsp3) is 0.350. The van der Waals surface area contributed by atoms with Gasteiger partial charge in [0.15, 0.2) is 0 Å². The van der Waals surface area contributed by atoms with Gasteiger partial charge >= 0.3 is 6.18 Å². The minimum atomic E-state index is -5.08. The average molecular weight is 449 g/mol. The Morgan fingerprint density at radius 1 is 1.14 bits per heavy atom. The van der Waals surface area contributed by atoms with Gasteiger partial charge in [0.1, 0.15) is 5.75 Å². The molecule has 0 saturated heterocycles. The van der Waals surface area contributed by atoms with E-state index in [0.29, 0.717) is 17.8 Å². The number of ether oxygens (including phenoxy) is 1. The van der Waals surface area contributed by atoms with Crippen LogP contribution in [-0.4, -0.2) is 43.2 Å². The quantitative estimate of drug-likeness (QED) is 0.453. The normalized spacial score (nSPS) is 14.1. The molecule has 0 heterocycles. The highest BCUT2D eigenvalue weighted by Gasteiger charge is 2.58. The summed E-state index contributed by atoms with van der Waals surface area (Å²) in [5.74, 6) is -0.169. The van der Waals surface area contributed by atoms with Gasteiger partial charge in [0.05, 0.1) is 19.1 Å². The maximum Gasteiger partial charge on any atom is 0.425 e. The summed E-state index contributed by atoms with van der Waals surface area (Å²) in [6.07, 6.45) is -3.51. The molecule has 0 bridgehead atoms. The molecule has 0 fully saturated rings. The van der Waals surface area contributed by atoms with Crippen molar-refractivity contribution in [3.8, 4) is 5.75 Å². The first-order chi connectivity index (χ1) is 13.4. The van der Waals surface area contributed by atoms with Crippen LogP contribution in [0, 0.1) is 6.92 Å². The Hall–Kier alpha value is -1.96. The van der Waals surface area contributed by atoms with Crippen LogP contribution in [0.1, 0.15) is 23.6 Å². The lowest BCUT2D eigenvalue weighted by Crippen LogP contribution is -2.43. The van der Waals surface area contributed by atoms with Crippen molar-refractivity contribution in [2.24, 2.45) is 4.99 Å². The van der Waals surface area contributed by atoms with Gasteiger partial charge in [-0.2, -0.15) is 13.2 Å². The summed E-state index contributed by atoms with van der Waals surface area (Å²) >= 11 is 11.8. The lowest BCUT2D eigenvalue weighted by Gasteiger charge is -2.33. The summed E-state index contributed by atoms with van der Waals surface area (Å²) in [7, 11) is 3.04. The van der Waals surface area contributed by atoms with E-state index < -0.39 is 22.9 Å². The Morgan fingerprint density at radius 2 is 1.72 bits per heavy atom. The van der Waals surface area contributed by atoms with Crippen LogP contribution in [0.3, 0.4) is 0 Å². The summed E-state index contributed by atoms with van der Waals surface area (Å²) < 4.78 is 47.7. The molecule has 29 heavy (non-hydrogen) atoms. The molecule has 0 radical (unpaired) electrons. The summed E-state index contributed by atoms with van der Waals surface area (Å²) in [4.78, 5) is 6.09. The number of alkyl halides is 3. The highest BCUT2D eigenvalue weighted by atomic mass is 35.5. The molecule has 1 atom stereocenters. The van der Waals surface area contributed by atoms with Crippen molar-refractivity contribution in [1.29, 1.82) is 0 Å². The van der Waals surface area contributed by atoms with Gasteiger partial charge in [0, 0.05) is 40.8 Å². The number of methoxy groups -OCH3 is 1. The molecular weight excluding hydrogens is 428 g/mol. The predicted octanol–water partition coefficient (Wildman–Crippen LogP) is 5.72. The SMILES string of the molecule is CCN(C)/C=N/c1cc(OC)c(C(O)(c2cc(Cl)cc(Cl)c2)C(F)(F)F)cc1C. The molecular formula is C20H21Cl2F3N2O2. The van der Waals surface area contributed by atoms with Gasteiger partial charge in [0.2, 0.25) is 5.60 Å². The Kier molecular flexibility index (Phi) is 7.09. The molecule has 1 unspecified atom stereocenters. The zero-order chi connectivity index (χ0) is 22.0. The van der Waals surface area contributed by atoms with Crippen molar-refractivity contribution in [1.82, 2.24) is 4.90 Å². The Labute approximate surface area is 177 Å². The number of halogens is 5. The van der Waals surface area contributed by atoms with Crippen LogP contribution in [0.4, 0.5) is 18.9 Å². The van der Waals surface area contributed by atoms with Crippen LogP contribution in [0.5, 0.6) is 5.75 Å². The highest BCUT2D eigenvalue weighted by Crippen LogP contribution is 2.49. The van der Waals surface area contributed by atoms with Gasteiger partial charge in [-0.15, -0.1) is 0 Å². The van der Waals surface area contributed by atoms with Crippen LogP contribution < -0.4 is 4.74 Å². The molecule has 2 aromatic rings. The number of aliphatic imine (C=N–C) groups is 1. The predicted molar refractivity (Wildman–Crippen MR) is 110 cm³/mol. The molecule has 158 valence electrons. The highest BCUT2D eigenvalue weighted by molar-refractivity contribution is 6.34. The molecule has 0 saturated carbocycles. The molecule has 2 aromatic carbocycles. The summed E-state index contributed by atoms with van der Waals surface area (Å²) in [6.45, 7) is 4.24. The first-order valence-corrected chi connectivity index (χ1v) is 9.38. The number of benzene rings is 2. The number of aryl methyl sites for hydroxylation is 1. The van der Waals surface area contributed by atoms with Gasteiger partial charge in [-0.1, -0.05) is 23.2 Å². The van der Waals surface area contributed by atoms with E-state index >= 15 is 0 Å². The molecule has 1 N–H and O–H groups in total. The third kappa shape index (κ3) is 4.79. The van der Waals surface area contributed by atoms with E-state index in [-0.39, 0.29) is 15.8 Å². The number of hydrogen-bond acceptors (Lipinski definition) is 3. The van der Waals surface area contributed by atoms with Crippen molar-refractivity contribution in [2.75, 3.05) is 20.7 Å². The molecule has 2 rings (SSSR count). The van der Waals surface area contributed by atoms with Crippen LogP contribution in [0.25, 0.3) is 0 Å². The zero-order valence-electron chi connectivity index (χ0n) is 16.3. The first-order valence-electron chi connectivity index (χ1n) is 8.63. The van der Waals surface area contributed by atoms with Gasteiger partial charge in [-0.3, -0.25) is 0 Å². The summed E-state index contributed by atoms with van der Waals surface area (Å²) in [5.41, 5.74) is -3.54. The van der Waals surface area contributed by atoms with Gasteiger partial charge in [-0.05, 0) is 43.7 Å². The first kappa shape index (κ1) is 23.3. The second kappa shape index (κ2) is 8.81. The summed E-state index contributed by atoms with van der Waals surface area (Å²) in [5, 5.41) is 10.9. The number of nitrogens with zero attached hydrogens (tertiary/aromatic N) is 2. The maximum atomic E-state index is 14.2. The van der Waals surface area contributed by atoms with Crippen LogP contribution in [-0.2, 0) is 5.60 Å². The standard InChI is InChI=1S/C20H21Cl2F3N2O2/c1-5-27(3)11-26-17-10-18(29-4)16(6-12(17)2)19(28,20(23,24)25)13-7-14(21)9-15(22)8-13/h6-11,28H,5H2,1-4H3/b26-11+. The minimum Gasteiger partial charge on any atom is -0.496 e. The number of hydrogen-bond donors (Lipinski definition) is 1. The average Bonchev–Trinajstić information content (AvgIpc) is 2.64. The minimum absolute atomic E-state index is 0.0327. The van der Waals surface area contributed by atoms with E-state index in [1.165, 1.54) is 25.3 Å². The molecule has 4 nitrogen and oxygen atoms in total. The lowest BCUT2D eigenvalue weighted by molar-refractivity contribution is -0.248. The summed E-state index contributed by atoms with van der Waals surface area (Å²) in [6, 6.07) is 5.90. The van der Waals surface area contributed by atoms with Crippen molar-refractivity contribution >= 4 is 35.2 Å².